The van der Waals surface area contributed by atoms with Gasteiger partial charge in [0.05, 0.1) is 17.6 Å². The van der Waals surface area contributed by atoms with Gasteiger partial charge in [0.25, 0.3) is 5.91 Å². The molecule has 4 rings (SSSR count). The van der Waals surface area contributed by atoms with Crippen molar-refractivity contribution < 1.29 is 4.79 Å². The summed E-state index contributed by atoms with van der Waals surface area (Å²) < 4.78 is 0. The summed E-state index contributed by atoms with van der Waals surface area (Å²) in [4.78, 5) is 16.5. The Labute approximate surface area is 138 Å². The number of aromatic amines is 1. The highest BCUT2D eigenvalue weighted by atomic mass is 16.2. The molecule has 0 atom stereocenters. The third-order valence-electron chi connectivity index (χ3n) is 4.06. The predicted octanol–water partition coefficient (Wildman–Crippen LogP) is 2.33. The molecule has 0 aliphatic heterocycles. The first-order valence-electron chi connectivity index (χ1n) is 7.73. The minimum Gasteiger partial charge on any atom is -0.272 e. The monoisotopic (exact) mass is 317 g/mol. The Morgan fingerprint density at radius 3 is 2.92 bits per heavy atom. The van der Waals surface area contributed by atoms with E-state index >= 15 is 0 Å². The van der Waals surface area contributed by atoms with Crippen LogP contribution in [0.2, 0.25) is 0 Å². The van der Waals surface area contributed by atoms with E-state index in [2.05, 4.69) is 31.8 Å². The van der Waals surface area contributed by atoms with Gasteiger partial charge in [-0.2, -0.15) is 10.2 Å². The van der Waals surface area contributed by atoms with E-state index in [4.69, 9.17) is 0 Å². The molecular formula is C18H15N5O. The first-order valence-corrected chi connectivity index (χ1v) is 7.73. The summed E-state index contributed by atoms with van der Waals surface area (Å²) in [5, 5.41) is 11.1. The van der Waals surface area contributed by atoms with Gasteiger partial charge in [-0.15, -0.1) is 0 Å². The van der Waals surface area contributed by atoms with Crippen molar-refractivity contribution in [3.05, 3.63) is 71.2 Å². The molecule has 1 aromatic carbocycles. The zero-order valence-corrected chi connectivity index (χ0v) is 12.9. The fraction of sp³-hybridized carbons (Fsp3) is 0.111. The number of pyridine rings is 1. The van der Waals surface area contributed by atoms with E-state index in [-0.39, 0.29) is 5.91 Å². The highest BCUT2D eigenvalue weighted by Crippen LogP contribution is 2.33. The number of nitrogens with zero attached hydrogens (tertiary/aromatic N) is 3. The molecule has 0 unspecified atom stereocenters. The van der Waals surface area contributed by atoms with Crippen LogP contribution >= 0.6 is 0 Å². The van der Waals surface area contributed by atoms with Gasteiger partial charge in [0.1, 0.15) is 5.69 Å². The summed E-state index contributed by atoms with van der Waals surface area (Å²) in [5.41, 5.74) is 7.83. The summed E-state index contributed by atoms with van der Waals surface area (Å²) in [6.45, 7) is 0. The van der Waals surface area contributed by atoms with Crippen LogP contribution in [0.3, 0.4) is 0 Å². The molecule has 6 heteroatoms. The lowest BCUT2D eigenvalue weighted by atomic mass is 9.89. The highest BCUT2D eigenvalue weighted by Gasteiger charge is 2.24. The standard InChI is InChI=1S/C18H15N5O/c24-18(23-20-11-13-6-3-4-10-19-13)17-15-9-8-12-5-1-2-7-14(12)16(15)21-22-17/h1-7,10-11H,8-9H2,(H,21,22)(H,23,24). The molecular weight excluding hydrogens is 302 g/mol. The molecule has 3 aromatic rings. The van der Waals surface area contributed by atoms with Crippen molar-refractivity contribution in [3.63, 3.8) is 0 Å². The maximum atomic E-state index is 12.4. The summed E-state index contributed by atoms with van der Waals surface area (Å²) in [6.07, 6.45) is 4.87. The fourth-order valence-corrected chi connectivity index (χ4v) is 2.91. The molecule has 0 fully saturated rings. The van der Waals surface area contributed by atoms with E-state index in [1.807, 2.05) is 36.4 Å². The van der Waals surface area contributed by atoms with Crippen LogP contribution in [0.5, 0.6) is 0 Å². The van der Waals surface area contributed by atoms with Crippen molar-refractivity contribution >= 4 is 12.1 Å². The minimum atomic E-state index is -0.296. The Morgan fingerprint density at radius 2 is 2.04 bits per heavy atom. The number of amides is 1. The van der Waals surface area contributed by atoms with Gasteiger partial charge in [-0.1, -0.05) is 30.3 Å². The van der Waals surface area contributed by atoms with Crippen molar-refractivity contribution in [3.8, 4) is 11.3 Å². The molecule has 1 aliphatic rings. The van der Waals surface area contributed by atoms with Crippen LogP contribution in [-0.2, 0) is 12.8 Å². The zero-order chi connectivity index (χ0) is 16.4. The lowest BCUT2D eigenvalue weighted by molar-refractivity contribution is 0.0949. The van der Waals surface area contributed by atoms with Gasteiger partial charge in [-0.05, 0) is 30.5 Å². The maximum Gasteiger partial charge on any atom is 0.289 e. The van der Waals surface area contributed by atoms with E-state index in [9.17, 15) is 4.79 Å². The topological polar surface area (TPSA) is 83.0 Å². The van der Waals surface area contributed by atoms with Gasteiger partial charge in [0.2, 0.25) is 0 Å². The Kier molecular flexibility index (Phi) is 3.63. The molecule has 6 nitrogen and oxygen atoms in total. The number of aryl methyl sites for hydroxylation is 1. The average Bonchev–Trinajstić information content (AvgIpc) is 3.07. The summed E-state index contributed by atoms with van der Waals surface area (Å²) >= 11 is 0. The van der Waals surface area contributed by atoms with E-state index in [1.165, 1.54) is 11.8 Å². The van der Waals surface area contributed by atoms with Gasteiger partial charge in [0, 0.05) is 17.3 Å². The largest absolute Gasteiger partial charge is 0.289 e. The van der Waals surface area contributed by atoms with Crippen molar-refractivity contribution in [1.29, 1.82) is 0 Å². The number of benzene rings is 1. The first-order chi connectivity index (χ1) is 11.8. The predicted molar refractivity (Wildman–Crippen MR) is 90.7 cm³/mol. The number of rotatable bonds is 3. The summed E-state index contributed by atoms with van der Waals surface area (Å²) in [5.74, 6) is -0.296. The Hall–Kier alpha value is -3.28. The van der Waals surface area contributed by atoms with Crippen LogP contribution in [0.1, 0.15) is 27.3 Å². The van der Waals surface area contributed by atoms with Gasteiger partial charge < -0.3 is 0 Å². The van der Waals surface area contributed by atoms with Crippen LogP contribution in [0.15, 0.2) is 53.8 Å². The third kappa shape index (κ3) is 2.58. The number of hydrazone groups is 1. The van der Waals surface area contributed by atoms with Gasteiger partial charge in [-0.25, -0.2) is 5.43 Å². The normalized spacial score (nSPS) is 12.7. The van der Waals surface area contributed by atoms with Gasteiger partial charge >= 0.3 is 0 Å². The smallest absolute Gasteiger partial charge is 0.272 e. The second-order valence-corrected chi connectivity index (χ2v) is 5.54. The van der Waals surface area contributed by atoms with Crippen LogP contribution in [0, 0.1) is 0 Å². The van der Waals surface area contributed by atoms with E-state index in [0.717, 1.165) is 29.7 Å². The van der Waals surface area contributed by atoms with Crippen LogP contribution in [0.25, 0.3) is 11.3 Å². The molecule has 1 amide bonds. The van der Waals surface area contributed by atoms with Crippen LogP contribution < -0.4 is 5.43 Å². The fourth-order valence-electron chi connectivity index (χ4n) is 2.91. The molecule has 2 N–H and O–H groups in total. The van der Waals surface area contributed by atoms with E-state index in [1.54, 1.807) is 6.20 Å². The number of H-pyrrole nitrogens is 1. The number of aromatic nitrogens is 3. The zero-order valence-electron chi connectivity index (χ0n) is 12.9. The SMILES string of the molecule is O=C(NN=Cc1ccccn1)c1[nH]nc2c1CCc1ccccc1-2. The molecule has 24 heavy (non-hydrogen) atoms. The minimum absolute atomic E-state index is 0.296. The number of fused-ring (bicyclic) bond motifs is 3. The third-order valence-corrected chi connectivity index (χ3v) is 4.06. The summed E-state index contributed by atoms with van der Waals surface area (Å²) in [7, 11) is 0. The van der Waals surface area contributed by atoms with Crippen LogP contribution in [-0.4, -0.2) is 27.3 Å². The second-order valence-electron chi connectivity index (χ2n) is 5.54. The molecule has 2 aromatic heterocycles. The summed E-state index contributed by atoms with van der Waals surface area (Å²) in [6, 6.07) is 13.6. The van der Waals surface area contributed by atoms with Gasteiger partial charge in [-0.3, -0.25) is 14.9 Å². The second kappa shape index (κ2) is 6.08. The Bertz CT molecular complexity index is 914. The molecule has 118 valence electrons. The van der Waals surface area contributed by atoms with Crippen LogP contribution in [0.4, 0.5) is 0 Å². The highest BCUT2D eigenvalue weighted by molar-refractivity contribution is 5.96. The van der Waals surface area contributed by atoms with Crippen molar-refractivity contribution in [1.82, 2.24) is 20.6 Å². The lowest BCUT2D eigenvalue weighted by Crippen LogP contribution is -2.20. The molecule has 1 aliphatic carbocycles. The van der Waals surface area contributed by atoms with Crippen molar-refractivity contribution in [2.75, 3.05) is 0 Å². The molecule has 0 bridgehead atoms. The number of carbonyl (C=O) groups excluding carboxylic acids is 1. The average molecular weight is 317 g/mol. The van der Waals surface area contributed by atoms with E-state index in [0.29, 0.717) is 11.4 Å². The van der Waals surface area contributed by atoms with Gasteiger partial charge in [0.15, 0.2) is 0 Å². The maximum absolute atomic E-state index is 12.4. The van der Waals surface area contributed by atoms with E-state index < -0.39 is 0 Å². The quantitative estimate of drug-likeness (QED) is 0.574. The number of nitrogens with one attached hydrogen (secondary N) is 2. The molecule has 0 spiro atoms. The molecule has 2 heterocycles. The molecule has 0 saturated heterocycles. The Balaban J connectivity index is 1.55. The first kappa shape index (κ1) is 14.3. The van der Waals surface area contributed by atoms with Crippen molar-refractivity contribution in [2.45, 2.75) is 12.8 Å². The number of hydrogen-bond donors (Lipinski definition) is 2. The molecule has 0 radical (unpaired) electrons. The number of hydrogen-bond acceptors (Lipinski definition) is 4. The van der Waals surface area contributed by atoms with Crippen molar-refractivity contribution in [2.24, 2.45) is 5.10 Å². The number of carbonyl (C=O) groups is 1. The molecule has 0 saturated carbocycles. The lowest BCUT2D eigenvalue weighted by Gasteiger charge is -2.15. The Morgan fingerprint density at radius 1 is 1.17 bits per heavy atom.